The van der Waals surface area contributed by atoms with Crippen LogP contribution in [0, 0.1) is 11.8 Å². The van der Waals surface area contributed by atoms with Gasteiger partial charge in [-0.3, -0.25) is 14.4 Å². The first-order valence-electron chi connectivity index (χ1n) is 12.3. The molecule has 0 spiro atoms. The van der Waals surface area contributed by atoms with Gasteiger partial charge in [0, 0.05) is 31.4 Å². The van der Waals surface area contributed by atoms with E-state index in [1.807, 2.05) is 35.2 Å². The number of anilines is 1. The molecule has 0 radical (unpaired) electrons. The predicted octanol–water partition coefficient (Wildman–Crippen LogP) is 4.45. The van der Waals surface area contributed by atoms with Gasteiger partial charge in [0.15, 0.2) is 5.82 Å². The van der Waals surface area contributed by atoms with Gasteiger partial charge in [-0.1, -0.05) is 37.3 Å². The van der Waals surface area contributed by atoms with Crippen LogP contribution in [0.5, 0.6) is 0 Å². The molecular formula is C26H35N3O4. The number of ether oxygens (including phenoxy) is 2. The van der Waals surface area contributed by atoms with Crippen molar-refractivity contribution in [2.45, 2.75) is 65.0 Å². The smallest absolute Gasteiger partial charge is 0.343 e. The number of esters is 1. The minimum absolute atomic E-state index is 0.0288. The summed E-state index contributed by atoms with van der Waals surface area (Å²) in [5.74, 6) is 0.710. The molecule has 0 atom stereocenters. The van der Waals surface area contributed by atoms with Crippen molar-refractivity contribution in [1.82, 2.24) is 9.78 Å². The average molecular weight is 454 g/mol. The molecule has 1 saturated heterocycles. The van der Waals surface area contributed by atoms with Gasteiger partial charge < -0.3 is 9.47 Å². The van der Waals surface area contributed by atoms with Crippen LogP contribution in [0.2, 0.25) is 0 Å². The maximum Gasteiger partial charge on any atom is 0.343 e. The summed E-state index contributed by atoms with van der Waals surface area (Å²) in [7, 11) is 0. The number of carbonyl (C=O) groups excluding carboxylic acids is 2. The van der Waals surface area contributed by atoms with Crippen molar-refractivity contribution in [2.75, 3.05) is 24.7 Å². The van der Waals surface area contributed by atoms with Crippen LogP contribution in [0.25, 0.3) is 0 Å². The molecule has 1 saturated carbocycles. The maximum atomic E-state index is 13.9. The number of amides is 1. The van der Waals surface area contributed by atoms with Gasteiger partial charge in [0.05, 0.1) is 13.2 Å². The molecule has 1 amide bonds. The van der Waals surface area contributed by atoms with E-state index in [1.54, 1.807) is 17.8 Å². The molecule has 2 aliphatic rings. The summed E-state index contributed by atoms with van der Waals surface area (Å²) >= 11 is 0. The van der Waals surface area contributed by atoms with Crippen molar-refractivity contribution < 1.29 is 19.1 Å². The third-order valence-corrected chi connectivity index (χ3v) is 6.81. The molecule has 33 heavy (non-hydrogen) atoms. The number of benzene rings is 1. The zero-order valence-corrected chi connectivity index (χ0v) is 19.7. The highest BCUT2D eigenvalue weighted by Crippen LogP contribution is 2.34. The Bertz CT molecular complexity index is 928. The lowest BCUT2D eigenvalue weighted by atomic mass is 9.82. The molecule has 1 aromatic carbocycles. The molecule has 2 aromatic rings. The Hall–Kier alpha value is -2.67. The van der Waals surface area contributed by atoms with E-state index >= 15 is 0 Å². The molecule has 2 heterocycles. The van der Waals surface area contributed by atoms with Crippen molar-refractivity contribution in [3.05, 3.63) is 47.7 Å². The van der Waals surface area contributed by atoms with Gasteiger partial charge in [-0.25, -0.2) is 4.79 Å². The standard InChI is InChI=1S/C26H35N3O4/c1-3-33-26(31)23-18-28(17-20-7-5-4-6-8-20)27-24(23)29(22-13-15-32-16-14-22)25(30)21-11-9-19(2)10-12-21/h4-8,18-19,21-22H,3,9-17H2,1-2H3/t19-,21-. The van der Waals surface area contributed by atoms with Crippen molar-refractivity contribution in [3.63, 3.8) is 0 Å². The first-order valence-corrected chi connectivity index (χ1v) is 12.3. The zero-order valence-electron chi connectivity index (χ0n) is 19.7. The second-order valence-electron chi connectivity index (χ2n) is 9.28. The monoisotopic (exact) mass is 453 g/mol. The summed E-state index contributed by atoms with van der Waals surface area (Å²) in [6.45, 7) is 6.04. The molecule has 178 valence electrons. The highest BCUT2D eigenvalue weighted by Gasteiger charge is 2.37. The van der Waals surface area contributed by atoms with Crippen LogP contribution >= 0.6 is 0 Å². The maximum absolute atomic E-state index is 13.9. The third-order valence-electron chi connectivity index (χ3n) is 6.81. The van der Waals surface area contributed by atoms with Gasteiger partial charge in [0.2, 0.25) is 5.91 Å². The fraction of sp³-hybridized carbons (Fsp3) is 0.577. The quantitative estimate of drug-likeness (QED) is 0.579. The van der Waals surface area contributed by atoms with Gasteiger partial charge in [0.25, 0.3) is 0 Å². The summed E-state index contributed by atoms with van der Waals surface area (Å²) in [5.41, 5.74) is 1.43. The van der Waals surface area contributed by atoms with Gasteiger partial charge in [0.1, 0.15) is 5.56 Å². The fourth-order valence-corrected chi connectivity index (χ4v) is 4.90. The van der Waals surface area contributed by atoms with Gasteiger partial charge in [-0.15, -0.1) is 0 Å². The molecule has 7 nitrogen and oxygen atoms in total. The van der Waals surface area contributed by atoms with E-state index in [1.165, 1.54) is 0 Å². The van der Waals surface area contributed by atoms with Crippen molar-refractivity contribution >= 4 is 17.7 Å². The largest absolute Gasteiger partial charge is 0.462 e. The molecule has 1 aliphatic heterocycles. The number of carbonyl (C=O) groups is 2. The summed E-state index contributed by atoms with van der Waals surface area (Å²) < 4.78 is 12.7. The van der Waals surface area contributed by atoms with E-state index in [2.05, 4.69) is 6.92 Å². The molecule has 0 unspecified atom stereocenters. The molecule has 7 heteroatoms. The Morgan fingerprint density at radius 1 is 1.09 bits per heavy atom. The van der Waals surface area contributed by atoms with Crippen LogP contribution in [0.1, 0.15) is 68.3 Å². The van der Waals surface area contributed by atoms with Crippen LogP contribution in [0.4, 0.5) is 5.82 Å². The second kappa shape index (κ2) is 11.0. The van der Waals surface area contributed by atoms with E-state index in [4.69, 9.17) is 14.6 Å². The lowest BCUT2D eigenvalue weighted by Gasteiger charge is -2.37. The molecule has 4 rings (SSSR count). The molecule has 1 aliphatic carbocycles. The Labute approximate surface area is 196 Å². The molecule has 2 fully saturated rings. The first kappa shape index (κ1) is 23.5. The number of hydrogen-bond donors (Lipinski definition) is 0. The predicted molar refractivity (Wildman–Crippen MR) is 126 cm³/mol. The highest BCUT2D eigenvalue weighted by molar-refractivity contribution is 6.02. The summed E-state index contributed by atoms with van der Waals surface area (Å²) in [6, 6.07) is 9.95. The van der Waals surface area contributed by atoms with E-state index in [0.717, 1.165) is 44.1 Å². The second-order valence-corrected chi connectivity index (χ2v) is 9.28. The lowest BCUT2D eigenvalue weighted by Crippen LogP contribution is -2.47. The van der Waals surface area contributed by atoms with E-state index in [9.17, 15) is 9.59 Å². The third kappa shape index (κ3) is 5.64. The van der Waals surface area contributed by atoms with Crippen LogP contribution in [-0.2, 0) is 20.8 Å². The minimum atomic E-state index is -0.436. The molecule has 0 bridgehead atoms. The fourth-order valence-electron chi connectivity index (χ4n) is 4.90. The van der Waals surface area contributed by atoms with E-state index in [0.29, 0.717) is 37.1 Å². The number of nitrogens with zero attached hydrogens (tertiary/aromatic N) is 3. The Morgan fingerprint density at radius 3 is 2.45 bits per heavy atom. The molecule has 1 aromatic heterocycles. The SMILES string of the molecule is CCOC(=O)c1cn(Cc2ccccc2)nc1N(C(=O)[C@H]1CC[C@H](C)CC1)C1CCOCC1. The topological polar surface area (TPSA) is 73.7 Å². The van der Waals surface area contributed by atoms with Gasteiger partial charge in [-0.2, -0.15) is 5.10 Å². The van der Waals surface area contributed by atoms with Crippen LogP contribution in [0.15, 0.2) is 36.5 Å². The molecular weight excluding hydrogens is 418 g/mol. The highest BCUT2D eigenvalue weighted by atomic mass is 16.5. The van der Waals surface area contributed by atoms with Crippen molar-refractivity contribution in [3.8, 4) is 0 Å². The summed E-state index contributed by atoms with van der Waals surface area (Å²) in [4.78, 5) is 28.6. The number of rotatable bonds is 7. The molecule has 0 N–H and O–H groups in total. The number of hydrogen-bond acceptors (Lipinski definition) is 5. The Kier molecular flexibility index (Phi) is 7.81. The average Bonchev–Trinajstić information content (AvgIpc) is 3.24. The van der Waals surface area contributed by atoms with Crippen LogP contribution < -0.4 is 4.90 Å². The Morgan fingerprint density at radius 2 is 1.79 bits per heavy atom. The summed E-state index contributed by atoms with van der Waals surface area (Å²) in [6.07, 6.45) is 7.10. The zero-order chi connectivity index (χ0) is 23.2. The van der Waals surface area contributed by atoms with Crippen LogP contribution in [-0.4, -0.2) is 47.5 Å². The number of aromatic nitrogens is 2. The van der Waals surface area contributed by atoms with Crippen molar-refractivity contribution in [2.24, 2.45) is 11.8 Å². The van der Waals surface area contributed by atoms with Crippen LogP contribution in [0.3, 0.4) is 0 Å². The van der Waals surface area contributed by atoms with Gasteiger partial charge in [-0.05, 0) is 56.9 Å². The van der Waals surface area contributed by atoms with Crippen molar-refractivity contribution in [1.29, 1.82) is 0 Å². The normalized spacial score (nSPS) is 21.5. The Balaban J connectivity index is 1.70. The first-order chi connectivity index (χ1) is 16.1. The summed E-state index contributed by atoms with van der Waals surface area (Å²) in [5, 5.41) is 4.80. The van der Waals surface area contributed by atoms with E-state index in [-0.39, 0.29) is 24.5 Å². The lowest BCUT2D eigenvalue weighted by molar-refractivity contribution is -0.124. The minimum Gasteiger partial charge on any atom is -0.462 e. The van der Waals surface area contributed by atoms with Gasteiger partial charge >= 0.3 is 5.97 Å². The van der Waals surface area contributed by atoms with E-state index < -0.39 is 5.97 Å².